The Labute approximate surface area is 166 Å². The summed E-state index contributed by atoms with van der Waals surface area (Å²) in [5, 5.41) is 3.88. The summed E-state index contributed by atoms with van der Waals surface area (Å²) in [5.41, 5.74) is 5.17. The van der Waals surface area contributed by atoms with E-state index < -0.39 is 15.9 Å². The summed E-state index contributed by atoms with van der Waals surface area (Å²) in [6.45, 7) is 3.48. The van der Waals surface area contributed by atoms with Gasteiger partial charge in [0.2, 0.25) is 10.0 Å². The second-order valence-corrected chi connectivity index (χ2v) is 8.32. The molecule has 1 amide bonds. The average molecular weight is 404 g/mol. The van der Waals surface area contributed by atoms with Crippen molar-refractivity contribution in [3.8, 4) is 5.75 Å². The van der Waals surface area contributed by atoms with Crippen molar-refractivity contribution in [2.24, 2.45) is 5.10 Å². The van der Waals surface area contributed by atoms with Crippen LogP contribution in [0.15, 0.2) is 52.5 Å². The van der Waals surface area contributed by atoms with Crippen molar-refractivity contribution in [2.45, 2.75) is 25.2 Å². The molecule has 150 valence electrons. The van der Waals surface area contributed by atoms with E-state index in [0.29, 0.717) is 0 Å². The third-order valence-electron chi connectivity index (χ3n) is 4.16. The van der Waals surface area contributed by atoms with E-state index in [4.69, 9.17) is 4.74 Å². The third kappa shape index (κ3) is 5.40. The van der Waals surface area contributed by atoms with Crippen LogP contribution >= 0.6 is 0 Å². The zero-order valence-electron chi connectivity index (χ0n) is 16.5. The first-order valence-corrected chi connectivity index (χ1v) is 10.2. The molecule has 0 heterocycles. The first-order chi connectivity index (χ1) is 13.3. The van der Waals surface area contributed by atoms with Gasteiger partial charge in [0.05, 0.1) is 19.9 Å². The highest BCUT2D eigenvalue weighted by atomic mass is 32.2. The first kappa shape index (κ1) is 21.6. The second kappa shape index (κ2) is 9.48. The Hall–Kier alpha value is -2.71. The summed E-state index contributed by atoms with van der Waals surface area (Å²) in [6, 6.07) is 12.6. The van der Waals surface area contributed by atoms with Crippen molar-refractivity contribution in [2.75, 3.05) is 20.7 Å². The van der Waals surface area contributed by atoms with E-state index in [0.717, 1.165) is 21.9 Å². The molecule has 1 N–H and O–H groups in total. The molecule has 2 aromatic rings. The van der Waals surface area contributed by atoms with E-state index in [1.54, 1.807) is 19.1 Å². The number of rotatable bonds is 8. The Morgan fingerprint density at radius 1 is 1.21 bits per heavy atom. The highest BCUT2D eigenvalue weighted by Crippen LogP contribution is 2.27. The molecular weight excluding hydrogens is 378 g/mol. The lowest BCUT2D eigenvalue weighted by molar-refractivity contribution is -0.121. The fraction of sp³-hybridized carbons (Fsp3) is 0.300. The van der Waals surface area contributed by atoms with Gasteiger partial charge in [-0.25, -0.2) is 13.8 Å². The summed E-state index contributed by atoms with van der Waals surface area (Å²) < 4.78 is 31.7. The monoisotopic (exact) mass is 403 g/mol. The van der Waals surface area contributed by atoms with Crippen LogP contribution in [0.5, 0.6) is 5.75 Å². The zero-order chi connectivity index (χ0) is 20.7. The van der Waals surface area contributed by atoms with Crippen LogP contribution in [0.2, 0.25) is 0 Å². The van der Waals surface area contributed by atoms with Crippen LogP contribution < -0.4 is 10.2 Å². The largest absolute Gasteiger partial charge is 0.495 e. The van der Waals surface area contributed by atoms with Crippen LogP contribution in [0.3, 0.4) is 0 Å². The zero-order valence-corrected chi connectivity index (χ0v) is 17.3. The molecule has 0 saturated carbocycles. The number of hydrogen-bond donors (Lipinski definition) is 1. The predicted octanol–water partition coefficient (Wildman–Crippen LogP) is 2.34. The van der Waals surface area contributed by atoms with Gasteiger partial charge in [-0.1, -0.05) is 37.3 Å². The summed E-state index contributed by atoms with van der Waals surface area (Å²) in [5.74, 6) is -0.314. The van der Waals surface area contributed by atoms with Gasteiger partial charge in [-0.15, -0.1) is 0 Å². The van der Waals surface area contributed by atoms with Crippen LogP contribution in [-0.4, -0.2) is 45.5 Å². The lowest BCUT2D eigenvalue weighted by Gasteiger charge is -2.18. The molecule has 0 aliphatic heterocycles. The van der Waals surface area contributed by atoms with Crippen LogP contribution in [0.4, 0.5) is 0 Å². The molecule has 0 saturated heterocycles. The molecule has 0 aromatic heterocycles. The van der Waals surface area contributed by atoms with Crippen LogP contribution in [0.1, 0.15) is 23.6 Å². The van der Waals surface area contributed by atoms with Gasteiger partial charge in [0.1, 0.15) is 10.6 Å². The Bertz CT molecular complexity index is 954. The van der Waals surface area contributed by atoms with Crippen molar-refractivity contribution >= 4 is 22.1 Å². The van der Waals surface area contributed by atoms with Gasteiger partial charge in [-0.2, -0.15) is 9.41 Å². The number of hydrogen-bond acceptors (Lipinski definition) is 5. The highest BCUT2D eigenvalue weighted by Gasteiger charge is 2.26. The summed E-state index contributed by atoms with van der Waals surface area (Å²) >= 11 is 0. The van der Waals surface area contributed by atoms with Gasteiger partial charge in [0.25, 0.3) is 5.91 Å². The lowest BCUT2D eigenvalue weighted by atomic mass is 10.1. The Balaban J connectivity index is 2.02. The van der Waals surface area contributed by atoms with E-state index in [2.05, 4.69) is 17.5 Å². The number of ether oxygens (including phenoxy) is 1. The molecule has 0 bridgehead atoms. The minimum atomic E-state index is -3.89. The van der Waals surface area contributed by atoms with E-state index in [-0.39, 0.29) is 17.2 Å². The van der Waals surface area contributed by atoms with E-state index in [1.165, 1.54) is 32.0 Å². The number of amides is 1. The van der Waals surface area contributed by atoms with Gasteiger partial charge >= 0.3 is 0 Å². The number of nitrogens with zero attached hydrogens (tertiary/aromatic N) is 2. The van der Waals surface area contributed by atoms with Gasteiger partial charge in [-0.3, -0.25) is 4.79 Å². The molecule has 28 heavy (non-hydrogen) atoms. The Kier molecular flexibility index (Phi) is 7.31. The molecule has 7 nitrogen and oxygen atoms in total. The van der Waals surface area contributed by atoms with Gasteiger partial charge in [0, 0.05) is 7.05 Å². The van der Waals surface area contributed by atoms with Gasteiger partial charge in [-0.05, 0) is 42.2 Å². The summed E-state index contributed by atoms with van der Waals surface area (Å²) in [6.07, 6.45) is 2.45. The lowest BCUT2D eigenvalue weighted by Crippen LogP contribution is -2.36. The molecule has 8 heteroatoms. The van der Waals surface area contributed by atoms with E-state index in [1.807, 2.05) is 24.3 Å². The number of likely N-dealkylation sites (N-methyl/N-ethyl adjacent to an activating group) is 1. The smallest absolute Gasteiger partial charge is 0.255 e. The molecule has 2 aromatic carbocycles. The molecule has 0 unspecified atom stereocenters. The molecule has 0 radical (unpaired) electrons. The van der Waals surface area contributed by atoms with E-state index >= 15 is 0 Å². The molecular formula is C20H25N3O4S. The van der Waals surface area contributed by atoms with Crippen molar-refractivity contribution < 1.29 is 17.9 Å². The van der Waals surface area contributed by atoms with Gasteiger partial charge < -0.3 is 4.74 Å². The number of aryl methyl sites for hydroxylation is 2. The fourth-order valence-electron chi connectivity index (χ4n) is 2.49. The minimum Gasteiger partial charge on any atom is -0.495 e. The van der Waals surface area contributed by atoms with Crippen LogP contribution in [-0.2, 0) is 21.2 Å². The maximum absolute atomic E-state index is 12.8. The van der Waals surface area contributed by atoms with Crippen molar-refractivity contribution in [3.05, 3.63) is 59.2 Å². The normalized spacial score (nSPS) is 11.8. The molecule has 0 atom stereocenters. The van der Waals surface area contributed by atoms with E-state index in [9.17, 15) is 13.2 Å². The van der Waals surface area contributed by atoms with Gasteiger partial charge in [0.15, 0.2) is 0 Å². The quantitative estimate of drug-likeness (QED) is 0.541. The highest BCUT2D eigenvalue weighted by molar-refractivity contribution is 7.89. The molecule has 2 rings (SSSR count). The standard InChI is InChI=1S/C20H25N3O4S/c1-5-16-7-9-17(10-8-16)13-21-22-20(24)14-23(3)28(25,26)19-12-15(2)6-11-18(19)27-4/h6-13H,5,14H2,1-4H3,(H,22,24). The second-order valence-electron chi connectivity index (χ2n) is 6.30. The number of hydrazone groups is 1. The number of carbonyl (C=O) groups excluding carboxylic acids is 1. The minimum absolute atomic E-state index is 0.0183. The van der Waals surface area contributed by atoms with Crippen molar-refractivity contribution in [1.82, 2.24) is 9.73 Å². The Morgan fingerprint density at radius 3 is 2.50 bits per heavy atom. The topological polar surface area (TPSA) is 88.1 Å². The third-order valence-corrected chi connectivity index (χ3v) is 5.99. The molecule has 0 spiro atoms. The molecule has 0 aliphatic rings. The SMILES string of the molecule is CCc1ccc(C=NNC(=O)CN(C)S(=O)(=O)c2cc(C)ccc2OC)cc1. The number of nitrogens with one attached hydrogen (secondary N) is 1. The number of methoxy groups -OCH3 is 1. The molecule has 0 fully saturated rings. The van der Waals surface area contributed by atoms with Crippen molar-refractivity contribution in [3.63, 3.8) is 0 Å². The number of carbonyl (C=O) groups is 1. The Morgan fingerprint density at radius 2 is 1.89 bits per heavy atom. The van der Waals surface area contributed by atoms with Crippen molar-refractivity contribution in [1.29, 1.82) is 0 Å². The summed E-state index contributed by atoms with van der Waals surface area (Å²) in [4.78, 5) is 12.1. The molecule has 0 aliphatic carbocycles. The fourth-order valence-corrected chi connectivity index (χ4v) is 3.86. The maximum Gasteiger partial charge on any atom is 0.255 e. The number of sulfonamides is 1. The van der Waals surface area contributed by atoms with Crippen LogP contribution in [0.25, 0.3) is 0 Å². The summed E-state index contributed by atoms with van der Waals surface area (Å²) in [7, 11) is -1.15. The first-order valence-electron chi connectivity index (χ1n) is 8.79. The average Bonchev–Trinajstić information content (AvgIpc) is 2.68. The number of benzene rings is 2. The maximum atomic E-state index is 12.8. The van der Waals surface area contributed by atoms with Crippen LogP contribution in [0, 0.1) is 6.92 Å². The predicted molar refractivity (Wildman–Crippen MR) is 109 cm³/mol.